The largest absolute Gasteiger partial charge is 0.382 e. The second-order valence-corrected chi connectivity index (χ2v) is 5.13. The van der Waals surface area contributed by atoms with E-state index in [1.54, 1.807) is 13.2 Å². The van der Waals surface area contributed by atoms with E-state index in [-0.39, 0.29) is 5.56 Å². The molecule has 1 atom stereocenters. The first-order chi connectivity index (χ1) is 8.18. The first kappa shape index (κ1) is 12.4. The fourth-order valence-electron chi connectivity index (χ4n) is 1.93. The molecule has 1 aliphatic carbocycles. The van der Waals surface area contributed by atoms with Crippen LogP contribution in [0.2, 0.25) is 0 Å². The van der Waals surface area contributed by atoms with Gasteiger partial charge in [-0.3, -0.25) is 4.79 Å². The molecule has 0 bridgehead atoms. The standard InChI is InChI=1S/C12H16BrN3O/c1-16-12(17)11(13)10(8-15-16)14-7-9-5-3-2-4-6-9/h2-3,8-9,14H,4-7H2,1H3/t9-/m0/s1. The van der Waals surface area contributed by atoms with E-state index in [0.29, 0.717) is 10.4 Å². The molecule has 0 amide bonds. The fourth-order valence-corrected chi connectivity index (χ4v) is 2.43. The van der Waals surface area contributed by atoms with Crippen molar-refractivity contribution in [2.24, 2.45) is 13.0 Å². The number of rotatable bonds is 3. The monoisotopic (exact) mass is 297 g/mol. The number of halogens is 1. The van der Waals surface area contributed by atoms with Crippen molar-refractivity contribution < 1.29 is 0 Å². The van der Waals surface area contributed by atoms with Crippen LogP contribution in [0.25, 0.3) is 0 Å². The molecule has 1 N–H and O–H groups in total. The van der Waals surface area contributed by atoms with Crippen molar-refractivity contribution in [1.82, 2.24) is 9.78 Å². The Morgan fingerprint density at radius 3 is 3.12 bits per heavy atom. The van der Waals surface area contributed by atoms with Gasteiger partial charge in [-0.2, -0.15) is 5.10 Å². The molecule has 0 radical (unpaired) electrons. The Morgan fingerprint density at radius 1 is 1.59 bits per heavy atom. The first-order valence-electron chi connectivity index (χ1n) is 5.79. The molecule has 1 heterocycles. The SMILES string of the molecule is Cn1ncc(NC[C@H]2CC=CCC2)c(Br)c1=O. The molecular formula is C12H16BrN3O. The van der Waals surface area contributed by atoms with Crippen molar-refractivity contribution in [2.45, 2.75) is 19.3 Å². The normalized spacial score (nSPS) is 19.3. The summed E-state index contributed by atoms with van der Waals surface area (Å²) in [4.78, 5) is 11.6. The highest BCUT2D eigenvalue weighted by Gasteiger charge is 2.11. The topological polar surface area (TPSA) is 46.9 Å². The van der Waals surface area contributed by atoms with Crippen LogP contribution in [0, 0.1) is 5.92 Å². The zero-order valence-corrected chi connectivity index (χ0v) is 11.4. The van der Waals surface area contributed by atoms with Gasteiger partial charge in [0.1, 0.15) is 4.47 Å². The van der Waals surface area contributed by atoms with Gasteiger partial charge in [-0.1, -0.05) is 12.2 Å². The van der Waals surface area contributed by atoms with Crippen LogP contribution >= 0.6 is 15.9 Å². The molecular weight excluding hydrogens is 282 g/mol. The summed E-state index contributed by atoms with van der Waals surface area (Å²) in [5.41, 5.74) is 0.668. The number of hydrogen-bond acceptors (Lipinski definition) is 3. The van der Waals surface area contributed by atoms with Gasteiger partial charge >= 0.3 is 0 Å². The molecule has 0 saturated heterocycles. The van der Waals surface area contributed by atoms with Gasteiger partial charge < -0.3 is 5.32 Å². The van der Waals surface area contributed by atoms with E-state index >= 15 is 0 Å². The van der Waals surface area contributed by atoms with Crippen LogP contribution in [-0.4, -0.2) is 16.3 Å². The van der Waals surface area contributed by atoms with E-state index in [9.17, 15) is 4.79 Å². The van der Waals surface area contributed by atoms with E-state index in [2.05, 4.69) is 38.5 Å². The van der Waals surface area contributed by atoms with Gasteiger partial charge in [0.05, 0.1) is 11.9 Å². The molecule has 17 heavy (non-hydrogen) atoms. The lowest BCUT2D eigenvalue weighted by Crippen LogP contribution is -2.23. The Balaban J connectivity index is 2.02. The summed E-state index contributed by atoms with van der Waals surface area (Å²) in [6.45, 7) is 0.887. The Morgan fingerprint density at radius 2 is 2.41 bits per heavy atom. The molecule has 1 aromatic rings. The van der Waals surface area contributed by atoms with Crippen LogP contribution in [0.1, 0.15) is 19.3 Å². The highest BCUT2D eigenvalue weighted by atomic mass is 79.9. The van der Waals surface area contributed by atoms with E-state index in [4.69, 9.17) is 0 Å². The van der Waals surface area contributed by atoms with Crippen LogP contribution in [-0.2, 0) is 7.05 Å². The minimum absolute atomic E-state index is 0.112. The Labute approximate surface area is 109 Å². The van der Waals surface area contributed by atoms with E-state index < -0.39 is 0 Å². The van der Waals surface area contributed by atoms with Crippen LogP contribution < -0.4 is 10.9 Å². The summed E-state index contributed by atoms with van der Waals surface area (Å²) in [6, 6.07) is 0. The molecule has 0 aliphatic heterocycles. The lowest BCUT2D eigenvalue weighted by atomic mass is 9.94. The maximum Gasteiger partial charge on any atom is 0.282 e. The quantitative estimate of drug-likeness (QED) is 0.871. The average molecular weight is 298 g/mol. The Hall–Kier alpha value is -1.10. The molecule has 5 heteroatoms. The Kier molecular flexibility index (Phi) is 3.99. The van der Waals surface area contributed by atoms with Crippen LogP contribution in [0.4, 0.5) is 5.69 Å². The number of aryl methyl sites for hydroxylation is 1. The number of aromatic nitrogens is 2. The molecule has 92 valence electrons. The summed E-state index contributed by atoms with van der Waals surface area (Å²) in [5, 5.41) is 7.30. The third kappa shape index (κ3) is 2.97. The summed E-state index contributed by atoms with van der Waals surface area (Å²) < 4.78 is 1.87. The first-order valence-corrected chi connectivity index (χ1v) is 6.58. The smallest absolute Gasteiger partial charge is 0.282 e. The second-order valence-electron chi connectivity index (χ2n) is 4.33. The summed E-state index contributed by atoms with van der Waals surface area (Å²) in [7, 11) is 1.64. The van der Waals surface area contributed by atoms with Crippen molar-refractivity contribution in [2.75, 3.05) is 11.9 Å². The third-order valence-electron chi connectivity index (χ3n) is 3.04. The maximum atomic E-state index is 11.6. The van der Waals surface area contributed by atoms with Gasteiger partial charge in [0.25, 0.3) is 5.56 Å². The predicted octanol–water partition coefficient (Wildman–Crippen LogP) is 2.31. The van der Waals surface area contributed by atoms with Crippen molar-refractivity contribution in [3.63, 3.8) is 0 Å². The minimum Gasteiger partial charge on any atom is -0.382 e. The van der Waals surface area contributed by atoms with Gasteiger partial charge in [0.15, 0.2) is 0 Å². The highest BCUT2D eigenvalue weighted by Crippen LogP contribution is 2.21. The zero-order valence-electron chi connectivity index (χ0n) is 9.82. The van der Waals surface area contributed by atoms with Gasteiger partial charge in [0, 0.05) is 13.6 Å². The molecule has 0 unspecified atom stereocenters. The number of nitrogens with one attached hydrogen (secondary N) is 1. The summed E-state index contributed by atoms with van der Waals surface area (Å²) in [6.07, 6.45) is 9.62. The number of hydrogen-bond donors (Lipinski definition) is 1. The van der Waals surface area contributed by atoms with Crippen LogP contribution in [0.5, 0.6) is 0 Å². The highest BCUT2D eigenvalue weighted by molar-refractivity contribution is 9.10. The number of anilines is 1. The molecule has 0 spiro atoms. The molecule has 2 rings (SSSR count). The van der Waals surface area contributed by atoms with Gasteiger partial charge in [0.2, 0.25) is 0 Å². The zero-order chi connectivity index (χ0) is 12.3. The van der Waals surface area contributed by atoms with E-state index in [1.807, 2.05) is 0 Å². The second kappa shape index (κ2) is 5.49. The van der Waals surface area contributed by atoms with Crippen molar-refractivity contribution in [1.29, 1.82) is 0 Å². The Bertz CT molecular complexity index is 481. The summed E-state index contributed by atoms with van der Waals surface area (Å²) in [5.74, 6) is 0.649. The third-order valence-corrected chi connectivity index (χ3v) is 3.80. The lowest BCUT2D eigenvalue weighted by molar-refractivity contribution is 0.504. The molecule has 4 nitrogen and oxygen atoms in total. The van der Waals surface area contributed by atoms with Gasteiger partial charge in [-0.25, -0.2) is 4.68 Å². The van der Waals surface area contributed by atoms with E-state index in [0.717, 1.165) is 25.1 Å². The average Bonchev–Trinajstić information content (AvgIpc) is 2.36. The summed E-state index contributed by atoms with van der Waals surface area (Å²) >= 11 is 3.31. The fraction of sp³-hybridized carbons (Fsp3) is 0.500. The number of allylic oxidation sites excluding steroid dienone is 2. The molecule has 0 saturated carbocycles. The molecule has 1 aliphatic rings. The van der Waals surface area contributed by atoms with Crippen LogP contribution in [0.3, 0.4) is 0 Å². The minimum atomic E-state index is -0.112. The molecule has 1 aromatic heterocycles. The lowest BCUT2D eigenvalue weighted by Gasteiger charge is -2.19. The van der Waals surface area contributed by atoms with Crippen LogP contribution in [0.15, 0.2) is 27.6 Å². The van der Waals surface area contributed by atoms with Crippen molar-refractivity contribution in [3.8, 4) is 0 Å². The van der Waals surface area contributed by atoms with Crippen molar-refractivity contribution >= 4 is 21.6 Å². The number of nitrogens with zero attached hydrogens (tertiary/aromatic N) is 2. The molecule has 0 fully saturated rings. The van der Waals surface area contributed by atoms with E-state index in [1.165, 1.54) is 11.1 Å². The van der Waals surface area contributed by atoms with Gasteiger partial charge in [-0.05, 0) is 41.1 Å². The van der Waals surface area contributed by atoms with Gasteiger partial charge in [-0.15, -0.1) is 0 Å². The van der Waals surface area contributed by atoms with Crippen molar-refractivity contribution in [3.05, 3.63) is 33.2 Å². The maximum absolute atomic E-state index is 11.6. The molecule has 0 aromatic carbocycles. The predicted molar refractivity (Wildman–Crippen MR) is 72.1 cm³/mol.